The molecule has 0 aromatic rings. The average Bonchev–Trinajstić information content (AvgIpc) is 2.26. The van der Waals surface area contributed by atoms with Gasteiger partial charge in [0.15, 0.2) is 0 Å². The molecule has 1 heterocycles. The summed E-state index contributed by atoms with van der Waals surface area (Å²) in [5, 5.41) is 0. The quantitative estimate of drug-likeness (QED) is 0.654. The summed E-state index contributed by atoms with van der Waals surface area (Å²) in [5.74, 6) is 0. The van der Waals surface area contributed by atoms with E-state index in [1.807, 2.05) is 0 Å². The second-order valence-corrected chi connectivity index (χ2v) is 4.44. The molecule has 90 valence electrons. The van der Waals surface area contributed by atoms with Gasteiger partial charge in [0, 0.05) is 19.3 Å². The Morgan fingerprint density at radius 3 is 2.60 bits per heavy atom. The zero-order valence-electron chi connectivity index (χ0n) is 10.1. The van der Waals surface area contributed by atoms with Gasteiger partial charge in [0.1, 0.15) is 0 Å². The maximum atomic E-state index is 5.86. The number of ether oxygens (including phenoxy) is 1. The highest BCUT2D eigenvalue weighted by Gasteiger charge is 2.14. The second kappa shape index (κ2) is 8.08. The van der Waals surface area contributed by atoms with Crippen molar-refractivity contribution in [2.45, 2.75) is 45.1 Å². The second-order valence-electron chi connectivity index (χ2n) is 4.44. The van der Waals surface area contributed by atoms with Gasteiger partial charge in [0.05, 0.1) is 0 Å². The Labute approximate surface area is 94.0 Å². The zero-order valence-corrected chi connectivity index (χ0v) is 10.1. The minimum absolute atomic E-state index is 0.458. The Hall–Kier alpha value is -0.120. The van der Waals surface area contributed by atoms with Gasteiger partial charge in [-0.1, -0.05) is 0 Å². The summed E-state index contributed by atoms with van der Waals surface area (Å²) in [6.07, 6.45) is 6.17. The third kappa shape index (κ3) is 6.13. The van der Waals surface area contributed by atoms with Crippen LogP contribution in [0.1, 0.15) is 39.0 Å². The summed E-state index contributed by atoms with van der Waals surface area (Å²) in [6, 6.07) is 0.458. The number of likely N-dealkylation sites (tertiary alicyclic amines) is 1. The molecule has 1 saturated heterocycles. The fourth-order valence-electron chi connectivity index (χ4n) is 2.04. The van der Waals surface area contributed by atoms with Crippen LogP contribution in [0.2, 0.25) is 0 Å². The molecule has 1 aliphatic heterocycles. The first kappa shape index (κ1) is 12.9. The fraction of sp³-hybridized carbons (Fsp3) is 1.00. The Balaban J connectivity index is 1.87. The van der Waals surface area contributed by atoms with Gasteiger partial charge >= 0.3 is 0 Å². The van der Waals surface area contributed by atoms with Crippen molar-refractivity contribution in [1.82, 2.24) is 4.90 Å². The van der Waals surface area contributed by atoms with Crippen LogP contribution in [0.3, 0.4) is 0 Å². The van der Waals surface area contributed by atoms with Gasteiger partial charge < -0.3 is 15.4 Å². The van der Waals surface area contributed by atoms with Crippen LogP contribution in [-0.2, 0) is 4.74 Å². The van der Waals surface area contributed by atoms with Crippen molar-refractivity contribution in [3.63, 3.8) is 0 Å². The van der Waals surface area contributed by atoms with Crippen LogP contribution in [-0.4, -0.2) is 43.8 Å². The van der Waals surface area contributed by atoms with E-state index in [-0.39, 0.29) is 0 Å². The van der Waals surface area contributed by atoms with E-state index in [9.17, 15) is 0 Å². The van der Waals surface area contributed by atoms with Crippen molar-refractivity contribution in [3.05, 3.63) is 0 Å². The molecule has 1 rings (SSSR count). The summed E-state index contributed by atoms with van der Waals surface area (Å²) >= 11 is 0. The number of rotatable bonds is 7. The van der Waals surface area contributed by atoms with E-state index >= 15 is 0 Å². The zero-order chi connectivity index (χ0) is 10.9. The van der Waals surface area contributed by atoms with Gasteiger partial charge in [0.2, 0.25) is 0 Å². The van der Waals surface area contributed by atoms with Crippen LogP contribution in [0.5, 0.6) is 0 Å². The number of hydrogen-bond acceptors (Lipinski definition) is 3. The molecule has 0 bridgehead atoms. The van der Waals surface area contributed by atoms with E-state index in [1.165, 1.54) is 51.7 Å². The lowest BCUT2D eigenvalue weighted by Gasteiger charge is -2.29. The maximum Gasteiger partial charge on any atom is 0.0465 e. The van der Waals surface area contributed by atoms with E-state index in [4.69, 9.17) is 10.5 Å². The molecular weight excluding hydrogens is 188 g/mol. The van der Waals surface area contributed by atoms with Gasteiger partial charge in [-0.3, -0.25) is 0 Å². The fourth-order valence-corrected chi connectivity index (χ4v) is 2.04. The Morgan fingerprint density at radius 2 is 1.93 bits per heavy atom. The van der Waals surface area contributed by atoms with Crippen molar-refractivity contribution in [1.29, 1.82) is 0 Å². The first-order valence-electron chi connectivity index (χ1n) is 6.38. The topological polar surface area (TPSA) is 38.5 Å². The molecular formula is C12H26N2O. The largest absolute Gasteiger partial charge is 0.382 e. The molecule has 0 amide bonds. The lowest BCUT2D eigenvalue weighted by molar-refractivity contribution is 0.140. The molecule has 2 N–H and O–H groups in total. The predicted octanol–water partition coefficient (Wildman–Crippen LogP) is 1.62. The van der Waals surface area contributed by atoms with Crippen LogP contribution >= 0.6 is 0 Å². The summed E-state index contributed by atoms with van der Waals surface area (Å²) in [4.78, 5) is 2.55. The number of nitrogens with zero attached hydrogens (tertiary/aromatic N) is 1. The molecule has 3 heteroatoms. The minimum atomic E-state index is 0.458. The third-order valence-electron chi connectivity index (χ3n) is 3.10. The van der Waals surface area contributed by atoms with Crippen molar-refractivity contribution in [2.24, 2.45) is 5.73 Å². The Morgan fingerprint density at radius 1 is 1.20 bits per heavy atom. The van der Waals surface area contributed by atoms with Crippen LogP contribution in [0.25, 0.3) is 0 Å². The molecule has 0 radical (unpaired) electrons. The summed E-state index contributed by atoms with van der Waals surface area (Å²) in [7, 11) is 0. The van der Waals surface area contributed by atoms with E-state index in [1.54, 1.807) is 0 Å². The van der Waals surface area contributed by atoms with Gasteiger partial charge in [0.25, 0.3) is 0 Å². The van der Waals surface area contributed by atoms with Gasteiger partial charge in [-0.05, 0) is 58.7 Å². The number of piperidine rings is 1. The Bertz CT molecular complexity index is 145. The van der Waals surface area contributed by atoms with E-state index in [0.29, 0.717) is 6.04 Å². The molecule has 15 heavy (non-hydrogen) atoms. The van der Waals surface area contributed by atoms with Crippen molar-refractivity contribution >= 4 is 0 Å². The number of nitrogens with two attached hydrogens (primary N) is 1. The minimum Gasteiger partial charge on any atom is -0.382 e. The molecule has 1 fully saturated rings. The molecule has 1 aliphatic rings. The van der Waals surface area contributed by atoms with Gasteiger partial charge in [-0.2, -0.15) is 0 Å². The number of hydrogen-bond donors (Lipinski definition) is 1. The van der Waals surface area contributed by atoms with E-state index in [0.717, 1.165) is 13.2 Å². The average molecular weight is 214 g/mol. The summed E-state index contributed by atoms with van der Waals surface area (Å²) in [6.45, 7) is 7.49. The standard InChI is InChI=1S/C12H26N2O/c1-2-15-11-5-3-4-8-14-9-6-12(13)7-10-14/h12H,2-11,13H2,1H3. The maximum absolute atomic E-state index is 5.86. The molecule has 0 aliphatic carbocycles. The van der Waals surface area contributed by atoms with Crippen molar-refractivity contribution < 1.29 is 4.74 Å². The molecule has 0 atom stereocenters. The molecule has 0 aromatic carbocycles. The first-order valence-corrected chi connectivity index (χ1v) is 6.38. The van der Waals surface area contributed by atoms with Crippen LogP contribution in [0.15, 0.2) is 0 Å². The summed E-state index contributed by atoms with van der Waals surface area (Å²) in [5.41, 5.74) is 5.86. The molecule has 0 aromatic heterocycles. The highest BCUT2D eigenvalue weighted by Crippen LogP contribution is 2.09. The number of unbranched alkanes of at least 4 members (excludes halogenated alkanes) is 2. The van der Waals surface area contributed by atoms with Crippen LogP contribution < -0.4 is 5.73 Å². The lowest BCUT2D eigenvalue weighted by Crippen LogP contribution is -2.40. The first-order chi connectivity index (χ1) is 7.33. The van der Waals surface area contributed by atoms with Gasteiger partial charge in [-0.25, -0.2) is 0 Å². The highest BCUT2D eigenvalue weighted by atomic mass is 16.5. The predicted molar refractivity (Wildman–Crippen MR) is 64.0 cm³/mol. The smallest absolute Gasteiger partial charge is 0.0465 e. The van der Waals surface area contributed by atoms with Gasteiger partial charge in [-0.15, -0.1) is 0 Å². The normalized spacial score (nSPS) is 19.6. The van der Waals surface area contributed by atoms with Crippen LogP contribution in [0.4, 0.5) is 0 Å². The molecule has 0 saturated carbocycles. The molecule has 3 nitrogen and oxygen atoms in total. The SMILES string of the molecule is CCOCCCCCN1CCC(N)CC1. The summed E-state index contributed by atoms with van der Waals surface area (Å²) < 4.78 is 5.31. The van der Waals surface area contributed by atoms with E-state index < -0.39 is 0 Å². The third-order valence-corrected chi connectivity index (χ3v) is 3.10. The van der Waals surface area contributed by atoms with Crippen LogP contribution in [0, 0.1) is 0 Å². The van der Waals surface area contributed by atoms with E-state index in [2.05, 4.69) is 11.8 Å². The lowest BCUT2D eigenvalue weighted by atomic mass is 10.1. The molecule has 0 unspecified atom stereocenters. The highest BCUT2D eigenvalue weighted by molar-refractivity contribution is 4.73. The monoisotopic (exact) mass is 214 g/mol. The van der Waals surface area contributed by atoms with Crippen molar-refractivity contribution in [3.8, 4) is 0 Å². The van der Waals surface area contributed by atoms with Crippen molar-refractivity contribution in [2.75, 3.05) is 32.8 Å². The Kier molecular flexibility index (Phi) is 6.98. The molecule has 0 spiro atoms.